The second-order valence-electron chi connectivity index (χ2n) is 4.39. The summed E-state index contributed by atoms with van der Waals surface area (Å²) < 4.78 is 5.29. The predicted molar refractivity (Wildman–Crippen MR) is 80.5 cm³/mol. The van der Waals surface area contributed by atoms with Gasteiger partial charge in [-0.3, -0.25) is 4.99 Å². The molecule has 0 aliphatic rings. The molecule has 0 spiro atoms. The van der Waals surface area contributed by atoms with Crippen molar-refractivity contribution in [3.63, 3.8) is 0 Å². The topological polar surface area (TPSA) is 45.6 Å². The molecule has 0 fully saturated rings. The van der Waals surface area contributed by atoms with E-state index in [9.17, 15) is 0 Å². The van der Waals surface area contributed by atoms with Gasteiger partial charge >= 0.3 is 0 Å². The summed E-state index contributed by atoms with van der Waals surface area (Å²) in [5.74, 6) is 0.831. The van der Waals surface area contributed by atoms with Crippen LogP contribution >= 0.6 is 0 Å². The van der Waals surface area contributed by atoms with Crippen molar-refractivity contribution in [2.24, 2.45) is 4.99 Å². The maximum atomic E-state index is 5.29. The minimum Gasteiger partial charge on any atom is -0.382 e. The summed E-state index contributed by atoms with van der Waals surface area (Å²) >= 11 is 0. The van der Waals surface area contributed by atoms with Crippen molar-refractivity contribution in [1.82, 2.24) is 10.6 Å². The lowest BCUT2D eigenvalue weighted by molar-refractivity contribution is 0.145. The lowest BCUT2D eigenvalue weighted by Gasteiger charge is -2.12. The molecule has 2 N–H and O–H groups in total. The number of nitrogens with one attached hydrogen (secondary N) is 2. The summed E-state index contributed by atoms with van der Waals surface area (Å²) in [6.45, 7) is 7.32. The number of hydrogen-bond donors (Lipinski definition) is 2. The molecule has 0 heterocycles. The number of aryl methyl sites for hydroxylation is 1. The van der Waals surface area contributed by atoms with E-state index in [-0.39, 0.29) is 0 Å². The molecule has 0 saturated carbocycles. The molecule has 0 aromatic heterocycles. The summed E-state index contributed by atoms with van der Waals surface area (Å²) in [6.07, 6.45) is 0.985. The van der Waals surface area contributed by atoms with Gasteiger partial charge in [-0.1, -0.05) is 29.8 Å². The number of benzene rings is 1. The largest absolute Gasteiger partial charge is 0.382 e. The average Bonchev–Trinajstić information content (AvgIpc) is 2.44. The average molecular weight is 263 g/mol. The van der Waals surface area contributed by atoms with Gasteiger partial charge in [0.05, 0.1) is 0 Å². The van der Waals surface area contributed by atoms with E-state index in [1.54, 1.807) is 7.05 Å². The number of guanidine groups is 1. The quantitative estimate of drug-likeness (QED) is 0.450. The highest BCUT2D eigenvalue weighted by atomic mass is 16.5. The molecule has 0 radical (unpaired) electrons. The fraction of sp³-hybridized carbons (Fsp3) is 0.533. The third-order valence-electron chi connectivity index (χ3n) is 2.77. The summed E-state index contributed by atoms with van der Waals surface area (Å²) in [5.41, 5.74) is 2.53. The van der Waals surface area contributed by atoms with Gasteiger partial charge in [0.2, 0.25) is 0 Å². The Morgan fingerprint density at radius 1 is 1.21 bits per heavy atom. The molecule has 4 heteroatoms. The summed E-state index contributed by atoms with van der Waals surface area (Å²) in [4.78, 5) is 4.19. The molecule has 1 aromatic carbocycles. The molecule has 0 atom stereocenters. The number of aliphatic imine (C=N–C) groups is 1. The lowest BCUT2D eigenvalue weighted by atomic mass is 10.1. The van der Waals surface area contributed by atoms with Gasteiger partial charge in [0.15, 0.2) is 5.96 Å². The first-order chi connectivity index (χ1) is 9.26. The third kappa shape index (κ3) is 6.82. The highest BCUT2D eigenvalue weighted by Crippen LogP contribution is 2.02. The number of rotatable bonds is 7. The molecule has 1 aromatic rings. The number of nitrogens with zero attached hydrogens (tertiary/aromatic N) is 1. The van der Waals surface area contributed by atoms with Gasteiger partial charge in [-0.25, -0.2) is 0 Å². The SMILES string of the molecule is CCOCCCNC(=NC)NCc1ccc(C)cc1. The van der Waals surface area contributed by atoms with Gasteiger partial charge in [0.1, 0.15) is 0 Å². The zero-order valence-corrected chi connectivity index (χ0v) is 12.2. The molecule has 0 bridgehead atoms. The molecule has 4 nitrogen and oxygen atoms in total. The van der Waals surface area contributed by atoms with Crippen molar-refractivity contribution in [3.8, 4) is 0 Å². The smallest absolute Gasteiger partial charge is 0.191 e. The van der Waals surface area contributed by atoms with Crippen molar-refractivity contribution >= 4 is 5.96 Å². The van der Waals surface area contributed by atoms with E-state index in [0.717, 1.165) is 38.7 Å². The Morgan fingerprint density at radius 3 is 2.58 bits per heavy atom. The normalized spacial score (nSPS) is 11.4. The van der Waals surface area contributed by atoms with Crippen LogP contribution in [0.5, 0.6) is 0 Å². The summed E-state index contributed by atoms with van der Waals surface area (Å²) in [6, 6.07) is 8.50. The van der Waals surface area contributed by atoms with E-state index in [1.807, 2.05) is 6.92 Å². The second kappa shape index (κ2) is 9.39. The van der Waals surface area contributed by atoms with Crippen LogP contribution in [0.25, 0.3) is 0 Å². The molecule has 0 amide bonds. The van der Waals surface area contributed by atoms with Crippen LogP contribution in [-0.4, -0.2) is 32.8 Å². The van der Waals surface area contributed by atoms with E-state index in [1.165, 1.54) is 11.1 Å². The molecule has 19 heavy (non-hydrogen) atoms. The Bertz CT molecular complexity index is 373. The Hall–Kier alpha value is -1.55. The van der Waals surface area contributed by atoms with Crippen LogP contribution in [-0.2, 0) is 11.3 Å². The first-order valence-electron chi connectivity index (χ1n) is 6.84. The maximum Gasteiger partial charge on any atom is 0.191 e. The van der Waals surface area contributed by atoms with Crippen LogP contribution in [0.4, 0.5) is 0 Å². The van der Waals surface area contributed by atoms with Crippen LogP contribution in [0, 0.1) is 6.92 Å². The number of hydrogen-bond acceptors (Lipinski definition) is 2. The fourth-order valence-electron chi connectivity index (χ4n) is 1.64. The minimum atomic E-state index is 0.778. The molecule has 1 rings (SSSR count). The van der Waals surface area contributed by atoms with Crippen molar-refractivity contribution in [2.75, 3.05) is 26.8 Å². The van der Waals surface area contributed by atoms with E-state index in [0.29, 0.717) is 0 Å². The first kappa shape index (κ1) is 15.5. The van der Waals surface area contributed by atoms with Gasteiger partial charge < -0.3 is 15.4 Å². The van der Waals surface area contributed by atoms with Crippen LogP contribution in [0.2, 0.25) is 0 Å². The van der Waals surface area contributed by atoms with E-state index < -0.39 is 0 Å². The van der Waals surface area contributed by atoms with Gasteiger partial charge in [0, 0.05) is 33.4 Å². The second-order valence-corrected chi connectivity index (χ2v) is 4.39. The highest BCUT2D eigenvalue weighted by molar-refractivity contribution is 5.79. The molecular weight excluding hydrogens is 238 g/mol. The van der Waals surface area contributed by atoms with Gasteiger partial charge in [-0.05, 0) is 25.8 Å². The molecule has 0 saturated heterocycles. The van der Waals surface area contributed by atoms with Gasteiger partial charge in [-0.2, -0.15) is 0 Å². The van der Waals surface area contributed by atoms with Crippen molar-refractivity contribution in [3.05, 3.63) is 35.4 Å². The molecule has 0 aliphatic carbocycles. The minimum absolute atomic E-state index is 0.778. The van der Waals surface area contributed by atoms with E-state index in [2.05, 4.69) is 46.8 Å². The van der Waals surface area contributed by atoms with Crippen LogP contribution in [0.15, 0.2) is 29.3 Å². The summed E-state index contributed by atoms with van der Waals surface area (Å²) in [5, 5.41) is 6.56. The Kier molecular flexibility index (Phi) is 7.66. The monoisotopic (exact) mass is 263 g/mol. The number of ether oxygens (including phenoxy) is 1. The maximum absolute atomic E-state index is 5.29. The Labute approximate surface area is 116 Å². The van der Waals surface area contributed by atoms with E-state index >= 15 is 0 Å². The first-order valence-corrected chi connectivity index (χ1v) is 6.84. The summed E-state index contributed by atoms with van der Waals surface area (Å²) in [7, 11) is 1.78. The highest BCUT2D eigenvalue weighted by Gasteiger charge is 1.97. The van der Waals surface area contributed by atoms with Gasteiger partial charge in [-0.15, -0.1) is 0 Å². The Morgan fingerprint density at radius 2 is 1.95 bits per heavy atom. The predicted octanol–water partition coefficient (Wildman–Crippen LogP) is 2.09. The van der Waals surface area contributed by atoms with Crippen molar-refractivity contribution in [1.29, 1.82) is 0 Å². The fourth-order valence-corrected chi connectivity index (χ4v) is 1.64. The van der Waals surface area contributed by atoms with Crippen LogP contribution < -0.4 is 10.6 Å². The molecule has 106 valence electrons. The van der Waals surface area contributed by atoms with Crippen LogP contribution in [0.1, 0.15) is 24.5 Å². The molecule has 0 aliphatic heterocycles. The van der Waals surface area contributed by atoms with E-state index in [4.69, 9.17) is 4.74 Å². The zero-order valence-electron chi connectivity index (χ0n) is 12.2. The van der Waals surface area contributed by atoms with Crippen molar-refractivity contribution in [2.45, 2.75) is 26.8 Å². The Balaban J connectivity index is 2.23. The molecular formula is C15H25N3O. The van der Waals surface area contributed by atoms with Crippen LogP contribution in [0.3, 0.4) is 0 Å². The molecule has 0 unspecified atom stereocenters. The van der Waals surface area contributed by atoms with Gasteiger partial charge in [0.25, 0.3) is 0 Å². The van der Waals surface area contributed by atoms with Crippen molar-refractivity contribution < 1.29 is 4.74 Å². The third-order valence-corrected chi connectivity index (χ3v) is 2.77. The standard InChI is InChI=1S/C15H25N3O/c1-4-19-11-5-10-17-15(16-3)18-12-14-8-6-13(2)7-9-14/h6-9H,4-5,10-12H2,1-3H3,(H2,16,17,18). The zero-order chi connectivity index (χ0) is 13.9. The lowest BCUT2D eigenvalue weighted by Crippen LogP contribution is -2.37.